The monoisotopic (exact) mass is 415 g/mol. The largest absolute Gasteiger partial charge is 0.419 e. The summed E-state index contributed by atoms with van der Waals surface area (Å²) in [6, 6.07) is 6.01. The minimum absolute atomic E-state index is 0.120. The third kappa shape index (κ3) is 3.81. The summed E-state index contributed by atoms with van der Waals surface area (Å²) >= 11 is 3.30. The highest BCUT2D eigenvalue weighted by Crippen LogP contribution is 2.31. The molecule has 0 aliphatic carbocycles. The summed E-state index contributed by atoms with van der Waals surface area (Å²) in [5.74, 6) is -1.89. The lowest BCUT2D eigenvalue weighted by atomic mass is 10.1. The fourth-order valence-electron chi connectivity index (χ4n) is 2.25. The van der Waals surface area contributed by atoms with Gasteiger partial charge in [-0.15, -0.1) is 0 Å². The summed E-state index contributed by atoms with van der Waals surface area (Å²) < 4.78 is 53.5. The van der Waals surface area contributed by atoms with Crippen molar-refractivity contribution in [3.8, 4) is 0 Å². The molecule has 9 heteroatoms. The predicted octanol–water partition coefficient (Wildman–Crippen LogP) is 4.18. The van der Waals surface area contributed by atoms with Crippen molar-refractivity contribution >= 4 is 27.5 Å². The van der Waals surface area contributed by atoms with Gasteiger partial charge < -0.3 is 9.72 Å². The van der Waals surface area contributed by atoms with Gasteiger partial charge in [-0.2, -0.15) is 13.2 Å². The smallest absolute Gasteiger partial charge is 0.347 e. The number of aromatic nitrogens is 2. The fourth-order valence-corrected chi connectivity index (χ4v) is 2.60. The molecule has 0 aliphatic heterocycles. The lowest BCUT2D eigenvalue weighted by Crippen LogP contribution is -2.23. The molecule has 3 rings (SSSR count). The van der Waals surface area contributed by atoms with Crippen LogP contribution < -0.4 is 5.32 Å². The Bertz CT molecular complexity index is 952. The molecular weight excluding hydrogens is 406 g/mol. The Hall–Kier alpha value is -2.42. The van der Waals surface area contributed by atoms with Crippen molar-refractivity contribution in [3.05, 3.63) is 69.8 Å². The molecule has 1 N–H and O–H groups in total. The van der Waals surface area contributed by atoms with Gasteiger partial charge in [0, 0.05) is 23.4 Å². The topological polar surface area (TPSA) is 46.4 Å². The molecule has 0 saturated heterocycles. The molecule has 4 nitrogen and oxygen atoms in total. The van der Waals surface area contributed by atoms with E-state index in [4.69, 9.17) is 0 Å². The average Bonchev–Trinajstić information content (AvgIpc) is 2.94. The van der Waals surface area contributed by atoms with Crippen molar-refractivity contribution in [1.82, 2.24) is 14.7 Å². The number of alkyl halides is 3. The summed E-state index contributed by atoms with van der Waals surface area (Å²) in [5, 5.41) is 2.50. The standard InChI is InChI=1S/C16H10BrF4N3O/c17-10-2-4-14-23-13(8-24(14)7-10)15(25)22-6-9-1-3-11(12(18)5-9)16(19,20)21/h1-5,7-8H,6H2,(H,22,25). The maximum atomic E-state index is 13.5. The van der Waals surface area contributed by atoms with Crippen molar-refractivity contribution in [1.29, 1.82) is 0 Å². The minimum Gasteiger partial charge on any atom is -0.347 e. The van der Waals surface area contributed by atoms with E-state index in [-0.39, 0.29) is 17.8 Å². The highest BCUT2D eigenvalue weighted by Gasteiger charge is 2.33. The van der Waals surface area contributed by atoms with Gasteiger partial charge in [0.15, 0.2) is 0 Å². The van der Waals surface area contributed by atoms with Gasteiger partial charge in [0.1, 0.15) is 17.2 Å². The first kappa shape index (κ1) is 17.4. The zero-order chi connectivity index (χ0) is 18.2. The first-order valence-corrected chi connectivity index (χ1v) is 7.81. The Balaban J connectivity index is 1.72. The molecule has 2 aromatic heterocycles. The molecule has 0 radical (unpaired) electrons. The Kier molecular flexibility index (Phi) is 4.51. The van der Waals surface area contributed by atoms with Crippen LogP contribution in [0.15, 0.2) is 47.2 Å². The van der Waals surface area contributed by atoms with Crippen molar-refractivity contribution in [2.24, 2.45) is 0 Å². The third-order valence-corrected chi connectivity index (χ3v) is 3.91. The van der Waals surface area contributed by atoms with E-state index in [0.717, 1.165) is 16.6 Å². The molecule has 0 spiro atoms. The van der Waals surface area contributed by atoms with Gasteiger partial charge in [0.25, 0.3) is 5.91 Å². The summed E-state index contributed by atoms with van der Waals surface area (Å²) in [4.78, 5) is 16.2. The number of hydrogen-bond donors (Lipinski definition) is 1. The van der Waals surface area contributed by atoms with Crippen LogP contribution in [0.2, 0.25) is 0 Å². The second kappa shape index (κ2) is 6.47. The van der Waals surface area contributed by atoms with E-state index < -0.39 is 23.5 Å². The number of carbonyl (C=O) groups is 1. The third-order valence-electron chi connectivity index (χ3n) is 3.44. The molecule has 0 atom stereocenters. The number of nitrogens with zero attached hydrogens (tertiary/aromatic N) is 2. The van der Waals surface area contributed by atoms with Crippen LogP contribution in [0.5, 0.6) is 0 Å². The van der Waals surface area contributed by atoms with Crippen molar-refractivity contribution in [2.45, 2.75) is 12.7 Å². The van der Waals surface area contributed by atoms with Crippen molar-refractivity contribution in [3.63, 3.8) is 0 Å². The second-order valence-corrected chi connectivity index (χ2v) is 6.15. The Morgan fingerprint density at radius 1 is 1.20 bits per heavy atom. The number of carbonyl (C=O) groups excluding carboxylic acids is 1. The van der Waals surface area contributed by atoms with E-state index in [0.29, 0.717) is 11.7 Å². The number of fused-ring (bicyclic) bond motifs is 1. The van der Waals surface area contributed by atoms with Crippen LogP contribution in [0.25, 0.3) is 5.65 Å². The molecule has 25 heavy (non-hydrogen) atoms. The van der Waals surface area contributed by atoms with Crippen LogP contribution in [0.1, 0.15) is 21.6 Å². The van der Waals surface area contributed by atoms with Gasteiger partial charge in [-0.3, -0.25) is 4.79 Å². The molecule has 0 fully saturated rings. The van der Waals surface area contributed by atoms with Crippen LogP contribution in [0.4, 0.5) is 17.6 Å². The van der Waals surface area contributed by atoms with Gasteiger partial charge in [-0.25, -0.2) is 9.37 Å². The Labute approximate surface area is 147 Å². The molecule has 0 saturated carbocycles. The molecule has 3 aromatic rings. The summed E-state index contributed by atoms with van der Waals surface area (Å²) in [7, 11) is 0. The maximum absolute atomic E-state index is 13.5. The molecular formula is C16H10BrF4N3O. The number of amides is 1. The van der Waals surface area contributed by atoms with Crippen LogP contribution >= 0.6 is 15.9 Å². The number of halogens is 5. The minimum atomic E-state index is -4.75. The number of imidazole rings is 1. The van der Waals surface area contributed by atoms with E-state index >= 15 is 0 Å². The summed E-state index contributed by atoms with van der Waals surface area (Å²) in [6.45, 7) is -0.120. The van der Waals surface area contributed by atoms with Crippen LogP contribution in [-0.2, 0) is 12.7 Å². The SMILES string of the molecule is O=C(NCc1ccc(C(F)(F)F)c(F)c1)c1cn2cc(Br)ccc2n1. The number of pyridine rings is 1. The molecule has 2 heterocycles. The lowest BCUT2D eigenvalue weighted by molar-refractivity contribution is -0.140. The van der Waals surface area contributed by atoms with Gasteiger partial charge >= 0.3 is 6.18 Å². The normalized spacial score (nSPS) is 11.7. The van der Waals surface area contributed by atoms with E-state index in [1.807, 2.05) is 0 Å². The first-order valence-electron chi connectivity index (χ1n) is 7.02. The number of benzene rings is 1. The van der Waals surface area contributed by atoms with E-state index in [2.05, 4.69) is 26.2 Å². The molecule has 1 amide bonds. The van der Waals surface area contributed by atoms with Crippen LogP contribution in [0.3, 0.4) is 0 Å². The molecule has 130 valence electrons. The van der Waals surface area contributed by atoms with E-state index in [1.165, 1.54) is 6.20 Å². The number of rotatable bonds is 3. The Morgan fingerprint density at radius 3 is 2.64 bits per heavy atom. The summed E-state index contributed by atoms with van der Waals surface area (Å²) in [6.07, 6.45) is -1.51. The van der Waals surface area contributed by atoms with E-state index in [1.54, 1.807) is 22.7 Å². The van der Waals surface area contributed by atoms with Crippen LogP contribution in [-0.4, -0.2) is 15.3 Å². The molecule has 1 aromatic carbocycles. The average molecular weight is 416 g/mol. The van der Waals surface area contributed by atoms with Crippen LogP contribution in [0, 0.1) is 5.82 Å². The zero-order valence-electron chi connectivity index (χ0n) is 12.4. The number of hydrogen-bond acceptors (Lipinski definition) is 2. The van der Waals surface area contributed by atoms with Gasteiger partial charge in [-0.05, 0) is 45.8 Å². The fraction of sp³-hybridized carbons (Fsp3) is 0.125. The first-order chi connectivity index (χ1) is 11.7. The van der Waals surface area contributed by atoms with Gasteiger partial charge in [0.05, 0.1) is 5.56 Å². The highest BCUT2D eigenvalue weighted by molar-refractivity contribution is 9.10. The summed E-state index contributed by atoms with van der Waals surface area (Å²) in [5.41, 5.74) is -0.418. The van der Waals surface area contributed by atoms with Gasteiger partial charge in [-0.1, -0.05) is 6.07 Å². The zero-order valence-corrected chi connectivity index (χ0v) is 14.0. The molecule has 0 bridgehead atoms. The number of nitrogens with one attached hydrogen (secondary N) is 1. The molecule has 0 aliphatic rings. The highest BCUT2D eigenvalue weighted by atomic mass is 79.9. The molecule has 0 unspecified atom stereocenters. The van der Waals surface area contributed by atoms with Crippen molar-refractivity contribution < 1.29 is 22.4 Å². The van der Waals surface area contributed by atoms with E-state index in [9.17, 15) is 22.4 Å². The van der Waals surface area contributed by atoms with Crippen molar-refractivity contribution in [2.75, 3.05) is 0 Å². The predicted molar refractivity (Wildman–Crippen MR) is 85.5 cm³/mol. The second-order valence-electron chi connectivity index (χ2n) is 5.23. The Morgan fingerprint density at radius 2 is 1.96 bits per heavy atom. The quantitative estimate of drug-likeness (QED) is 0.652. The lowest BCUT2D eigenvalue weighted by Gasteiger charge is -2.09. The van der Waals surface area contributed by atoms with Gasteiger partial charge in [0.2, 0.25) is 0 Å². The maximum Gasteiger partial charge on any atom is 0.419 e.